The van der Waals surface area contributed by atoms with Gasteiger partial charge < -0.3 is 18.9 Å². The molecule has 2 atom stereocenters. The molecule has 1 amide bonds. The third kappa shape index (κ3) is 3.28. The summed E-state index contributed by atoms with van der Waals surface area (Å²) in [7, 11) is 1.72. The van der Waals surface area contributed by atoms with E-state index in [0.29, 0.717) is 24.8 Å². The molecule has 0 radical (unpaired) electrons. The predicted octanol–water partition coefficient (Wildman–Crippen LogP) is 2.28. The lowest BCUT2D eigenvalue weighted by atomic mass is 9.86. The average molecular weight is 322 g/mol. The second-order valence-corrected chi connectivity index (χ2v) is 7.04. The molecule has 2 fully saturated rings. The third-order valence-electron chi connectivity index (χ3n) is 4.80. The zero-order valence-corrected chi connectivity index (χ0v) is 14.2. The van der Waals surface area contributed by atoms with E-state index in [1.165, 1.54) is 0 Å². The van der Waals surface area contributed by atoms with Gasteiger partial charge >= 0.3 is 0 Å². The highest BCUT2D eigenvalue weighted by atomic mass is 16.6. The predicted molar refractivity (Wildman–Crippen MR) is 84.3 cm³/mol. The van der Waals surface area contributed by atoms with Crippen LogP contribution >= 0.6 is 0 Å². The molecule has 0 aromatic carbocycles. The lowest BCUT2D eigenvalue weighted by molar-refractivity contribution is -0.137. The van der Waals surface area contributed by atoms with Gasteiger partial charge in [0.15, 0.2) is 0 Å². The second-order valence-electron chi connectivity index (χ2n) is 7.04. The number of carbonyl (C=O) groups excluding carboxylic acids is 1. The summed E-state index contributed by atoms with van der Waals surface area (Å²) in [5.74, 6) is 0.706. The van der Waals surface area contributed by atoms with Crippen LogP contribution in [0.25, 0.3) is 0 Å². The van der Waals surface area contributed by atoms with Crippen molar-refractivity contribution in [2.45, 2.75) is 51.2 Å². The Hall–Kier alpha value is -1.40. The Labute approximate surface area is 137 Å². The highest BCUT2D eigenvalue weighted by Crippen LogP contribution is 2.36. The molecule has 23 heavy (non-hydrogen) atoms. The largest absolute Gasteiger partial charge is 0.378 e. The van der Waals surface area contributed by atoms with E-state index in [1.807, 2.05) is 4.90 Å². The number of hydrogen-bond donors (Lipinski definition) is 0. The van der Waals surface area contributed by atoms with Gasteiger partial charge in [-0.1, -0.05) is 19.0 Å². The normalized spacial score (nSPS) is 28.0. The molecule has 0 aliphatic carbocycles. The van der Waals surface area contributed by atoms with Gasteiger partial charge in [0.25, 0.3) is 5.91 Å². The topological polar surface area (TPSA) is 64.8 Å². The lowest BCUT2D eigenvalue weighted by Crippen LogP contribution is -2.58. The van der Waals surface area contributed by atoms with Gasteiger partial charge in [-0.3, -0.25) is 4.79 Å². The Morgan fingerprint density at radius 1 is 1.57 bits per heavy atom. The monoisotopic (exact) mass is 322 g/mol. The van der Waals surface area contributed by atoms with Gasteiger partial charge in [-0.15, -0.1) is 0 Å². The molecule has 1 spiro atoms. The van der Waals surface area contributed by atoms with Crippen LogP contribution in [0.4, 0.5) is 0 Å². The van der Waals surface area contributed by atoms with Crippen LogP contribution in [0.3, 0.4) is 0 Å². The smallest absolute Gasteiger partial charge is 0.292 e. The molecule has 3 rings (SSSR count). The molecule has 2 saturated heterocycles. The molecule has 1 aromatic rings. The number of amides is 1. The first kappa shape index (κ1) is 16.5. The van der Waals surface area contributed by atoms with E-state index in [9.17, 15) is 4.79 Å². The third-order valence-corrected chi connectivity index (χ3v) is 4.80. The van der Waals surface area contributed by atoms with Crippen molar-refractivity contribution in [2.24, 2.45) is 5.92 Å². The molecule has 2 aliphatic rings. The molecule has 3 heterocycles. The summed E-state index contributed by atoms with van der Waals surface area (Å²) in [5.41, 5.74) is 0.477. The number of carbonyl (C=O) groups is 1. The zero-order valence-electron chi connectivity index (χ0n) is 14.2. The second kappa shape index (κ2) is 6.61. The molecule has 128 valence electrons. The molecule has 0 saturated carbocycles. The maximum atomic E-state index is 12.7. The van der Waals surface area contributed by atoms with Gasteiger partial charge in [-0.25, -0.2) is 0 Å². The number of ether oxygens (including phenoxy) is 2. The quantitative estimate of drug-likeness (QED) is 0.851. The average Bonchev–Trinajstić information content (AvgIpc) is 3.16. The highest BCUT2D eigenvalue weighted by molar-refractivity contribution is 5.91. The Morgan fingerprint density at radius 3 is 3.04 bits per heavy atom. The van der Waals surface area contributed by atoms with Gasteiger partial charge in [0, 0.05) is 26.3 Å². The van der Waals surface area contributed by atoms with Crippen molar-refractivity contribution >= 4 is 5.91 Å². The van der Waals surface area contributed by atoms with E-state index < -0.39 is 0 Å². The summed E-state index contributed by atoms with van der Waals surface area (Å²) in [6, 6.07) is 1.77. The first-order valence-corrected chi connectivity index (χ1v) is 8.46. The SMILES string of the molecule is CO[C@H]1CCN(C(=O)c2cc(CC(C)C)no2)C[C@@]12CCCO2. The van der Waals surface area contributed by atoms with Gasteiger partial charge in [0.2, 0.25) is 5.76 Å². The van der Waals surface area contributed by atoms with Crippen molar-refractivity contribution in [3.63, 3.8) is 0 Å². The standard InChI is InChI=1S/C17H26N2O4/c1-12(2)9-13-10-14(23-18-13)16(20)19-7-5-15(21-3)17(11-19)6-4-8-22-17/h10,12,15H,4-9,11H2,1-3H3/t15-,17-/m0/s1. The zero-order chi connectivity index (χ0) is 16.4. The molecule has 6 nitrogen and oxygen atoms in total. The highest BCUT2D eigenvalue weighted by Gasteiger charge is 2.48. The van der Waals surface area contributed by atoms with E-state index in [0.717, 1.165) is 38.0 Å². The van der Waals surface area contributed by atoms with Crippen LogP contribution in [0.2, 0.25) is 0 Å². The summed E-state index contributed by atoms with van der Waals surface area (Å²) in [5, 5.41) is 4.01. The minimum Gasteiger partial charge on any atom is -0.378 e. The fourth-order valence-electron chi connectivity index (χ4n) is 3.73. The van der Waals surface area contributed by atoms with Crippen molar-refractivity contribution < 1.29 is 18.8 Å². The molecule has 0 unspecified atom stereocenters. The fraction of sp³-hybridized carbons (Fsp3) is 0.765. The number of piperidine rings is 1. The number of aromatic nitrogens is 1. The molecular weight excluding hydrogens is 296 g/mol. The maximum absolute atomic E-state index is 12.7. The number of rotatable bonds is 4. The molecular formula is C17H26N2O4. The molecule has 0 N–H and O–H groups in total. The fourth-order valence-corrected chi connectivity index (χ4v) is 3.73. The first-order chi connectivity index (χ1) is 11.0. The number of likely N-dealkylation sites (tertiary alicyclic amines) is 1. The van der Waals surface area contributed by atoms with Crippen LogP contribution in [-0.2, 0) is 15.9 Å². The van der Waals surface area contributed by atoms with Gasteiger partial charge in [0.1, 0.15) is 5.60 Å². The summed E-state index contributed by atoms with van der Waals surface area (Å²) >= 11 is 0. The van der Waals surface area contributed by atoms with Crippen molar-refractivity contribution in [2.75, 3.05) is 26.8 Å². The minimum absolute atomic E-state index is 0.0558. The van der Waals surface area contributed by atoms with E-state index in [-0.39, 0.29) is 17.6 Å². The maximum Gasteiger partial charge on any atom is 0.292 e. The Bertz CT molecular complexity index is 549. The summed E-state index contributed by atoms with van der Waals surface area (Å²) in [4.78, 5) is 14.5. The molecule has 1 aromatic heterocycles. The van der Waals surface area contributed by atoms with Crippen LogP contribution < -0.4 is 0 Å². The Balaban J connectivity index is 1.71. The summed E-state index contributed by atoms with van der Waals surface area (Å²) in [6.07, 6.45) is 3.61. The Kier molecular flexibility index (Phi) is 4.73. The number of hydrogen-bond acceptors (Lipinski definition) is 5. The van der Waals surface area contributed by atoms with Gasteiger partial charge in [-0.05, 0) is 31.6 Å². The molecule has 0 bridgehead atoms. The minimum atomic E-state index is -0.358. The van der Waals surface area contributed by atoms with E-state index >= 15 is 0 Å². The van der Waals surface area contributed by atoms with Gasteiger partial charge in [-0.2, -0.15) is 0 Å². The van der Waals surface area contributed by atoms with Crippen molar-refractivity contribution in [3.05, 3.63) is 17.5 Å². The van der Waals surface area contributed by atoms with Crippen LogP contribution in [0.5, 0.6) is 0 Å². The van der Waals surface area contributed by atoms with E-state index in [2.05, 4.69) is 19.0 Å². The first-order valence-electron chi connectivity index (χ1n) is 8.46. The van der Waals surface area contributed by atoms with Gasteiger partial charge in [0.05, 0.1) is 18.3 Å². The van der Waals surface area contributed by atoms with Crippen molar-refractivity contribution in [3.8, 4) is 0 Å². The van der Waals surface area contributed by atoms with Crippen LogP contribution in [-0.4, -0.2) is 54.5 Å². The van der Waals surface area contributed by atoms with Crippen molar-refractivity contribution in [1.29, 1.82) is 0 Å². The van der Waals surface area contributed by atoms with Crippen molar-refractivity contribution in [1.82, 2.24) is 10.1 Å². The number of nitrogens with zero attached hydrogens (tertiary/aromatic N) is 2. The van der Waals surface area contributed by atoms with Crippen LogP contribution in [0.15, 0.2) is 10.6 Å². The summed E-state index contributed by atoms with van der Waals surface area (Å²) < 4.78 is 16.9. The molecule has 6 heteroatoms. The van der Waals surface area contributed by atoms with E-state index in [1.54, 1.807) is 13.2 Å². The van der Waals surface area contributed by atoms with Crippen LogP contribution in [0.1, 0.15) is 49.4 Å². The van der Waals surface area contributed by atoms with E-state index in [4.69, 9.17) is 14.0 Å². The Morgan fingerprint density at radius 2 is 2.39 bits per heavy atom. The summed E-state index contributed by atoms with van der Waals surface area (Å²) in [6.45, 7) is 6.19. The molecule has 2 aliphatic heterocycles. The van der Waals surface area contributed by atoms with Crippen LogP contribution in [0, 0.1) is 5.92 Å². The lowest BCUT2D eigenvalue weighted by Gasteiger charge is -2.44. The number of methoxy groups -OCH3 is 1.